The topological polar surface area (TPSA) is 88.0 Å². The van der Waals surface area contributed by atoms with Gasteiger partial charge in [0.2, 0.25) is 0 Å². The average Bonchev–Trinajstić information content (AvgIpc) is 3.24. The van der Waals surface area contributed by atoms with E-state index < -0.39 is 5.54 Å². The lowest BCUT2D eigenvalue weighted by molar-refractivity contribution is -0.121. The van der Waals surface area contributed by atoms with Gasteiger partial charge in [0.15, 0.2) is 5.82 Å². The minimum atomic E-state index is -0.877. The summed E-state index contributed by atoms with van der Waals surface area (Å²) in [6, 6.07) is 11.1. The fraction of sp³-hybridized carbons (Fsp3) is 0.389. The first kappa shape index (κ1) is 17.0. The fourth-order valence-electron chi connectivity index (χ4n) is 3.14. The summed E-state index contributed by atoms with van der Waals surface area (Å²) in [4.78, 5) is 25.1. The number of urea groups is 1. The highest BCUT2D eigenvalue weighted by Crippen LogP contribution is 2.30. The Labute approximate surface area is 146 Å². The Morgan fingerprint density at radius 2 is 1.88 bits per heavy atom. The number of rotatable bonds is 5. The van der Waals surface area contributed by atoms with Crippen molar-refractivity contribution in [2.45, 2.75) is 37.8 Å². The standard InChI is InChI=1S/C18H23N5O2/c1-23-12-9-15(22-23)20-16(24)18(10-5-6-11-18)21-17(25)19-13-14-7-3-2-4-8-14/h2-4,7-9,12H,5-6,10-11,13H2,1H3,(H2,19,21,25)(H,20,22,24). The molecule has 1 aromatic carbocycles. The second-order valence-corrected chi connectivity index (χ2v) is 6.41. The maximum Gasteiger partial charge on any atom is 0.315 e. The van der Waals surface area contributed by atoms with Gasteiger partial charge in [-0.05, 0) is 18.4 Å². The highest BCUT2D eigenvalue weighted by atomic mass is 16.2. The number of hydrogen-bond donors (Lipinski definition) is 3. The molecule has 1 aromatic heterocycles. The van der Waals surface area contributed by atoms with Gasteiger partial charge >= 0.3 is 6.03 Å². The normalized spacial score (nSPS) is 15.6. The van der Waals surface area contributed by atoms with Crippen LogP contribution in [0.3, 0.4) is 0 Å². The Hall–Kier alpha value is -2.83. The summed E-state index contributed by atoms with van der Waals surface area (Å²) in [6.45, 7) is 0.421. The minimum Gasteiger partial charge on any atom is -0.334 e. The van der Waals surface area contributed by atoms with Crippen molar-refractivity contribution in [3.05, 3.63) is 48.2 Å². The van der Waals surface area contributed by atoms with Crippen molar-refractivity contribution in [1.82, 2.24) is 20.4 Å². The second-order valence-electron chi connectivity index (χ2n) is 6.41. The van der Waals surface area contributed by atoms with Crippen LogP contribution in [-0.2, 0) is 18.4 Å². The SMILES string of the molecule is Cn1ccc(NC(=O)C2(NC(=O)NCc3ccccc3)CCCC2)n1. The van der Waals surface area contributed by atoms with Crippen LogP contribution >= 0.6 is 0 Å². The number of carbonyl (C=O) groups excluding carboxylic acids is 2. The molecule has 3 amide bonds. The first-order chi connectivity index (χ1) is 12.1. The molecule has 0 bridgehead atoms. The molecule has 25 heavy (non-hydrogen) atoms. The van der Waals surface area contributed by atoms with Gasteiger partial charge < -0.3 is 16.0 Å². The van der Waals surface area contributed by atoms with Crippen molar-refractivity contribution < 1.29 is 9.59 Å². The first-order valence-electron chi connectivity index (χ1n) is 8.48. The largest absolute Gasteiger partial charge is 0.334 e. The number of hydrogen-bond acceptors (Lipinski definition) is 3. The molecule has 0 aliphatic heterocycles. The van der Waals surface area contributed by atoms with E-state index in [1.54, 1.807) is 24.0 Å². The van der Waals surface area contributed by atoms with Crippen LogP contribution in [0.4, 0.5) is 10.6 Å². The minimum absolute atomic E-state index is 0.210. The summed E-state index contributed by atoms with van der Waals surface area (Å²) in [5, 5.41) is 12.7. The van der Waals surface area contributed by atoms with Gasteiger partial charge in [-0.15, -0.1) is 0 Å². The number of amides is 3. The van der Waals surface area contributed by atoms with Crippen molar-refractivity contribution in [3.8, 4) is 0 Å². The van der Waals surface area contributed by atoms with E-state index in [2.05, 4.69) is 21.0 Å². The lowest BCUT2D eigenvalue weighted by Gasteiger charge is -2.28. The molecule has 0 spiro atoms. The third kappa shape index (κ3) is 4.17. The van der Waals surface area contributed by atoms with Gasteiger partial charge in [-0.1, -0.05) is 43.2 Å². The molecule has 132 valence electrons. The maximum absolute atomic E-state index is 12.8. The molecule has 1 fully saturated rings. The van der Waals surface area contributed by atoms with E-state index in [1.165, 1.54) is 0 Å². The molecule has 0 saturated heterocycles. The fourth-order valence-corrected chi connectivity index (χ4v) is 3.14. The number of nitrogens with one attached hydrogen (secondary N) is 3. The summed E-state index contributed by atoms with van der Waals surface area (Å²) < 4.78 is 1.62. The molecule has 1 heterocycles. The van der Waals surface area contributed by atoms with Gasteiger partial charge in [-0.25, -0.2) is 4.79 Å². The molecule has 3 N–H and O–H groups in total. The van der Waals surface area contributed by atoms with Crippen LogP contribution < -0.4 is 16.0 Å². The molecule has 3 rings (SSSR count). The Balaban J connectivity index is 1.61. The van der Waals surface area contributed by atoms with Crippen LogP contribution in [0.2, 0.25) is 0 Å². The molecule has 7 nitrogen and oxygen atoms in total. The van der Waals surface area contributed by atoms with E-state index in [9.17, 15) is 9.59 Å². The molecule has 0 atom stereocenters. The monoisotopic (exact) mass is 341 g/mol. The highest BCUT2D eigenvalue weighted by Gasteiger charge is 2.42. The van der Waals surface area contributed by atoms with Crippen molar-refractivity contribution in [2.24, 2.45) is 7.05 Å². The van der Waals surface area contributed by atoms with Gasteiger partial charge in [0.25, 0.3) is 5.91 Å². The maximum atomic E-state index is 12.8. The highest BCUT2D eigenvalue weighted by molar-refractivity contribution is 6.00. The van der Waals surface area contributed by atoms with Crippen LogP contribution in [-0.4, -0.2) is 27.3 Å². The lowest BCUT2D eigenvalue weighted by Crippen LogP contribution is -2.57. The Morgan fingerprint density at radius 3 is 2.52 bits per heavy atom. The van der Waals surface area contributed by atoms with Crippen molar-refractivity contribution in [1.29, 1.82) is 0 Å². The van der Waals surface area contributed by atoms with Gasteiger partial charge in [0.1, 0.15) is 5.54 Å². The molecule has 1 aliphatic carbocycles. The third-order valence-electron chi connectivity index (χ3n) is 4.50. The summed E-state index contributed by atoms with van der Waals surface area (Å²) in [7, 11) is 1.79. The molecular weight excluding hydrogens is 318 g/mol. The van der Waals surface area contributed by atoms with Crippen molar-refractivity contribution in [2.75, 3.05) is 5.32 Å². The quantitative estimate of drug-likeness (QED) is 0.779. The summed E-state index contributed by atoms with van der Waals surface area (Å²) in [6.07, 6.45) is 4.84. The van der Waals surface area contributed by atoms with Crippen LogP contribution in [0.1, 0.15) is 31.2 Å². The van der Waals surface area contributed by atoms with E-state index in [4.69, 9.17) is 0 Å². The number of anilines is 1. The first-order valence-corrected chi connectivity index (χ1v) is 8.48. The predicted octanol–water partition coefficient (Wildman–Crippen LogP) is 2.17. The van der Waals surface area contributed by atoms with Gasteiger partial charge in [0, 0.05) is 25.9 Å². The van der Waals surface area contributed by atoms with Crippen molar-refractivity contribution in [3.63, 3.8) is 0 Å². The van der Waals surface area contributed by atoms with Crippen LogP contribution in [0.15, 0.2) is 42.6 Å². The molecule has 0 radical (unpaired) electrons. The van der Waals surface area contributed by atoms with Gasteiger partial charge in [-0.3, -0.25) is 9.48 Å². The molecule has 1 aliphatic rings. The van der Waals surface area contributed by atoms with E-state index in [0.717, 1.165) is 18.4 Å². The zero-order valence-corrected chi connectivity index (χ0v) is 14.3. The molecule has 7 heteroatoms. The molecular formula is C18H23N5O2. The third-order valence-corrected chi connectivity index (χ3v) is 4.50. The number of aromatic nitrogens is 2. The smallest absolute Gasteiger partial charge is 0.315 e. The average molecular weight is 341 g/mol. The van der Waals surface area contributed by atoms with Crippen LogP contribution in [0.25, 0.3) is 0 Å². The van der Waals surface area contributed by atoms with Crippen LogP contribution in [0, 0.1) is 0 Å². The van der Waals surface area contributed by atoms with Crippen LogP contribution in [0.5, 0.6) is 0 Å². The summed E-state index contributed by atoms with van der Waals surface area (Å²) >= 11 is 0. The van der Waals surface area contributed by atoms with Crippen molar-refractivity contribution >= 4 is 17.8 Å². The number of aryl methyl sites for hydroxylation is 1. The lowest BCUT2D eigenvalue weighted by atomic mass is 9.96. The number of nitrogens with zero attached hydrogens (tertiary/aromatic N) is 2. The van der Waals surface area contributed by atoms with Gasteiger partial charge in [-0.2, -0.15) is 5.10 Å². The predicted molar refractivity (Wildman–Crippen MR) is 94.9 cm³/mol. The Bertz CT molecular complexity index is 735. The summed E-state index contributed by atoms with van der Waals surface area (Å²) in [5.74, 6) is 0.281. The number of carbonyl (C=O) groups is 2. The zero-order valence-electron chi connectivity index (χ0n) is 14.3. The Kier molecular flexibility index (Phi) is 5.02. The van der Waals surface area contributed by atoms with E-state index in [0.29, 0.717) is 25.2 Å². The molecule has 1 saturated carbocycles. The summed E-state index contributed by atoms with van der Waals surface area (Å²) in [5.41, 5.74) is 0.134. The van der Waals surface area contributed by atoms with E-state index in [-0.39, 0.29) is 11.9 Å². The van der Waals surface area contributed by atoms with Gasteiger partial charge in [0.05, 0.1) is 0 Å². The number of benzene rings is 1. The zero-order chi connectivity index (χ0) is 17.7. The molecule has 0 unspecified atom stereocenters. The van der Waals surface area contributed by atoms with E-state index in [1.807, 2.05) is 30.3 Å². The Morgan fingerprint density at radius 1 is 1.16 bits per heavy atom. The molecule has 2 aromatic rings. The second kappa shape index (κ2) is 7.38. The van der Waals surface area contributed by atoms with E-state index >= 15 is 0 Å².